The van der Waals surface area contributed by atoms with Crippen LogP contribution >= 0.6 is 0 Å². The van der Waals surface area contributed by atoms with E-state index in [9.17, 15) is 111 Å². The van der Waals surface area contributed by atoms with Crippen LogP contribution in [-0.4, -0.2) is 401 Å². The third-order valence-corrected chi connectivity index (χ3v) is 30.1. The molecule has 43 unspecified atom stereocenters. The molecule has 4 saturated carbocycles. The Kier molecular flexibility index (Phi) is 30.3. The van der Waals surface area contributed by atoms with Gasteiger partial charge in [-0.15, -0.1) is 0 Å². The highest BCUT2D eigenvalue weighted by molar-refractivity contribution is 5.87. The van der Waals surface area contributed by atoms with Crippen molar-refractivity contribution in [1.82, 2.24) is 0 Å². The van der Waals surface area contributed by atoms with Crippen molar-refractivity contribution < 1.29 is 206 Å². The van der Waals surface area contributed by atoms with Crippen molar-refractivity contribution in [2.45, 2.75) is 341 Å². The third kappa shape index (κ3) is 18.8. The van der Waals surface area contributed by atoms with Gasteiger partial charge >= 0.3 is 23.9 Å². The second-order valence-corrected chi connectivity index (χ2v) is 38.9. The topological polar surface area (TPSA) is 628 Å². The predicted molar refractivity (Wildman–Crippen MR) is 423 cm³/mol. The van der Waals surface area contributed by atoms with Gasteiger partial charge < -0.3 is 187 Å². The molecule has 0 radical (unpaired) electrons. The van der Waals surface area contributed by atoms with Gasteiger partial charge in [-0.05, 0) is 114 Å². The minimum Gasteiger partial charge on any atom is -0.463 e. The predicted octanol–water partition coefficient (Wildman–Crippen LogP) is -5.16. The van der Waals surface area contributed by atoms with Gasteiger partial charge in [-0.2, -0.15) is 0 Å². The van der Waals surface area contributed by atoms with Crippen molar-refractivity contribution >= 4 is 30.0 Å². The fourth-order valence-corrected chi connectivity index (χ4v) is 22.6. The minimum atomic E-state index is -2.07. The first kappa shape index (κ1) is 99.2. The van der Waals surface area contributed by atoms with E-state index in [0.717, 1.165) is 25.5 Å². The molecule has 14 rings (SSSR count). The van der Waals surface area contributed by atoms with Crippen LogP contribution in [-0.2, 0) is 109 Å². The fraction of sp³-hybridized carbons (Fsp3) is 0.837. The minimum absolute atomic E-state index is 0.0192. The van der Waals surface area contributed by atoms with Crippen LogP contribution in [0.25, 0.3) is 6.08 Å². The van der Waals surface area contributed by atoms with E-state index in [1.165, 1.54) is 6.08 Å². The molecule has 724 valence electrons. The highest BCUT2D eigenvalue weighted by Gasteiger charge is 2.73. The summed E-state index contributed by atoms with van der Waals surface area (Å²) in [6, 6.07) is 8.58. The number of carbonyl (C=O) groups is 4. The van der Waals surface area contributed by atoms with E-state index in [4.69, 9.17) is 90.0 Å². The number of ether oxygens (including phenoxy) is 19. The van der Waals surface area contributed by atoms with E-state index in [-0.39, 0.29) is 30.1 Å². The molecule has 8 aliphatic heterocycles. The molecule has 19 N–H and O–H groups in total. The maximum Gasteiger partial charge on any atom is 0.331 e. The van der Waals surface area contributed by atoms with Crippen molar-refractivity contribution in [2.24, 2.45) is 50.2 Å². The van der Waals surface area contributed by atoms with Gasteiger partial charge in [-0.25, -0.2) is 4.79 Å². The van der Waals surface area contributed by atoms with Gasteiger partial charge in [0.1, 0.15) is 152 Å². The summed E-state index contributed by atoms with van der Waals surface area (Å²) in [6.45, 7) is 11.1. The maximum atomic E-state index is 15.7. The largest absolute Gasteiger partial charge is 0.463 e. The van der Waals surface area contributed by atoms with Gasteiger partial charge in [0.25, 0.3) is 0 Å². The molecule has 5 aliphatic carbocycles. The van der Waals surface area contributed by atoms with Crippen LogP contribution < -0.4 is 0 Å². The van der Waals surface area contributed by atoms with Crippen LogP contribution in [0.3, 0.4) is 0 Å². The van der Waals surface area contributed by atoms with E-state index in [1.807, 2.05) is 0 Å². The zero-order chi connectivity index (χ0) is 92.7. The Labute approximate surface area is 737 Å². The number of aliphatic hydroxyl groups is 19. The Morgan fingerprint density at radius 2 is 1.03 bits per heavy atom. The number of rotatable bonds is 25. The molecule has 13 aliphatic rings. The summed E-state index contributed by atoms with van der Waals surface area (Å²) in [4.78, 5) is 53.1. The Bertz CT molecular complexity index is 4010. The lowest BCUT2D eigenvalue weighted by Crippen LogP contribution is -2.68. The molecule has 42 nitrogen and oxygen atoms in total. The summed E-state index contributed by atoms with van der Waals surface area (Å²) in [6.07, 6.45) is -51.7. The SMILES string of the molecule is CC(=O)OCC1OC(OC2COC(OC3COC(OC4C(OC5C(CO)OC(OC6CCC7(C)C(CCC8(C)C7CC=C7C9CC(C)(C)CCC9(C(=O)OC9OC(CO)C(O)C(O)C9OC9OCC(OC%10OCC(O)(CO)C%10O)C(O)C9O)C(O)CC78C)C6(C)C)C(O)C5O)OCC(O)C4O)C(O)C3O)C(O)C2O)C(OC(=O)C=Cc2ccccc2)C(O)C1OC(C)=O. The average Bonchev–Trinajstić information content (AvgIpc) is 0.698. The first-order valence-corrected chi connectivity index (χ1v) is 43.9. The second kappa shape index (κ2) is 39.1. The molecule has 12 fully saturated rings. The lowest BCUT2D eigenvalue weighted by Gasteiger charge is -2.71. The number of hydrogen-bond donors (Lipinski definition) is 19. The van der Waals surface area contributed by atoms with Crippen LogP contribution in [0.4, 0.5) is 0 Å². The molecule has 0 spiro atoms. The number of allylic oxidation sites excluding steroid dienone is 2. The Hall–Kier alpha value is -4.78. The smallest absolute Gasteiger partial charge is 0.331 e. The fourth-order valence-electron chi connectivity index (χ4n) is 22.6. The lowest BCUT2D eigenvalue weighted by atomic mass is 9.33. The van der Waals surface area contributed by atoms with Crippen molar-refractivity contribution in [3.63, 3.8) is 0 Å². The van der Waals surface area contributed by atoms with Crippen LogP contribution in [0.2, 0.25) is 0 Å². The normalized spacial score (nSPS) is 48.9. The summed E-state index contributed by atoms with van der Waals surface area (Å²) >= 11 is 0. The summed E-state index contributed by atoms with van der Waals surface area (Å²) < 4.78 is 112. The van der Waals surface area contributed by atoms with E-state index in [0.29, 0.717) is 50.5 Å². The van der Waals surface area contributed by atoms with Gasteiger partial charge in [0.2, 0.25) is 6.29 Å². The van der Waals surface area contributed by atoms with Crippen molar-refractivity contribution in [3.05, 3.63) is 53.6 Å². The highest BCUT2D eigenvalue weighted by atomic mass is 16.8. The molecule has 128 heavy (non-hydrogen) atoms. The van der Waals surface area contributed by atoms with Crippen LogP contribution in [0.1, 0.15) is 126 Å². The monoisotopic (exact) mass is 1830 g/mol. The standard InChI is InChI=1S/C86H128O42/c1-36(90)110-33-47-66(116-37(2)91)64(106)69(124-52(94)18-15-38-13-11-10-12-14-38)76(122-47)120-45-31-112-71(60(102)56(45)98)119-44-30-113-72(61(103)55(44)97)126-67-53(95)41(92)29-111-75(67)125-65-43(28-88)118-74(63(105)59(65)101)123-51-20-21-82(7)48(81(51,5)6)19-22-83(8)49(82)17-16-39-40-25-80(3,4)23-24-86(40,50(93)26-84(39,83)9)79(108)128-77-68(58(100)54(96)42(27-87)117-77)127-73-62(104)57(99)46(32-114-73)121-78-70(107)85(109,34-89)35-115-78/h10-16,18,40-51,53-78,87-89,92-93,95-107,109H,17,19-35H2,1-9H3. The summed E-state index contributed by atoms with van der Waals surface area (Å²) in [5.74, 6) is -4.29. The molecule has 8 saturated heterocycles. The molecule has 8 heterocycles. The maximum absolute atomic E-state index is 15.7. The highest BCUT2D eigenvalue weighted by Crippen LogP contribution is 2.76. The van der Waals surface area contributed by atoms with Crippen molar-refractivity contribution in [3.8, 4) is 0 Å². The van der Waals surface area contributed by atoms with Crippen LogP contribution in [0.15, 0.2) is 48.1 Å². The summed E-state index contributed by atoms with van der Waals surface area (Å²) in [5.41, 5.74) is -4.79. The molecule has 1 aromatic carbocycles. The molecular formula is C86H128O42. The molecule has 0 aromatic heterocycles. The van der Waals surface area contributed by atoms with Gasteiger partial charge in [0.05, 0.1) is 65.1 Å². The number of fused-ring (bicyclic) bond motifs is 7. The number of esters is 4. The Morgan fingerprint density at radius 1 is 0.477 bits per heavy atom. The van der Waals surface area contributed by atoms with Crippen LogP contribution in [0, 0.1) is 50.2 Å². The van der Waals surface area contributed by atoms with Crippen molar-refractivity contribution in [1.29, 1.82) is 0 Å². The number of hydrogen-bond acceptors (Lipinski definition) is 42. The number of aliphatic hydroxyl groups excluding tert-OH is 18. The lowest BCUT2D eigenvalue weighted by molar-refractivity contribution is -0.383. The molecule has 0 bridgehead atoms. The van der Waals surface area contributed by atoms with Crippen LogP contribution in [0.5, 0.6) is 0 Å². The Balaban J connectivity index is 0.599. The quantitative estimate of drug-likeness (QED) is 0.0143. The van der Waals surface area contributed by atoms with Crippen molar-refractivity contribution in [2.75, 3.05) is 59.5 Å². The zero-order valence-corrected chi connectivity index (χ0v) is 72.7. The first-order chi connectivity index (χ1) is 60.4. The van der Waals surface area contributed by atoms with E-state index < -0.39 is 337 Å². The molecular weight excluding hydrogens is 1700 g/mol. The zero-order valence-electron chi connectivity index (χ0n) is 72.7. The molecule has 0 amide bonds. The molecule has 42 heteroatoms. The molecule has 1 aromatic rings. The number of benzene rings is 1. The second-order valence-electron chi connectivity index (χ2n) is 38.9. The Morgan fingerprint density at radius 3 is 1.62 bits per heavy atom. The number of carbonyl (C=O) groups excluding carboxylic acids is 4. The first-order valence-electron chi connectivity index (χ1n) is 43.9. The van der Waals surface area contributed by atoms with Gasteiger partial charge in [-0.3, -0.25) is 14.4 Å². The third-order valence-electron chi connectivity index (χ3n) is 30.1. The summed E-state index contributed by atoms with van der Waals surface area (Å²) in [7, 11) is 0. The molecule has 43 atom stereocenters. The van der Waals surface area contributed by atoms with E-state index in [1.54, 1.807) is 30.3 Å². The van der Waals surface area contributed by atoms with E-state index >= 15 is 4.79 Å². The van der Waals surface area contributed by atoms with Gasteiger partial charge in [0, 0.05) is 19.9 Å². The van der Waals surface area contributed by atoms with Gasteiger partial charge in [0.15, 0.2) is 62.3 Å². The van der Waals surface area contributed by atoms with E-state index in [2.05, 4.69) is 54.5 Å². The van der Waals surface area contributed by atoms with Gasteiger partial charge in [-0.1, -0.05) is 90.4 Å². The summed E-state index contributed by atoms with van der Waals surface area (Å²) in [5, 5.41) is 215. The average molecular weight is 1830 g/mol.